The van der Waals surface area contributed by atoms with Crippen LogP contribution in [0.2, 0.25) is 0 Å². The maximum absolute atomic E-state index is 12.4. The zero-order valence-electron chi connectivity index (χ0n) is 11.6. The minimum atomic E-state index is 0.261. The van der Waals surface area contributed by atoms with Gasteiger partial charge in [-0.25, -0.2) is 0 Å². The van der Waals surface area contributed by atoms with Crippen molar-refractivity contribution < 1.29 is 9.53 Å². The van der Waals surface area contributed by atoms with Crippen LogP contribution in [0.5, 0.6) is 5.75 Å². The number of carbonyl (C=O) groups is 1. The van der Waals surface area contributed by atoms with Gasteiger partial charge in [0.25, 0.3) is 0 Å². The van der Waals surface area contributed by atoms with Crippen molar-refractivity contribution >= 4 is 17.1 Å². The Balaban J connectivity index is 1.77. The van der Waals surface area contributed by atoms with E-state index in [2.05, 4.69) is 19.1 Å². The quantitative estimate of drug-likeness (QED) is 0.776. The molecule has 1 aliphatic heterocycles. The zero-order valence-corrected chi connectivity index (χ0v) is 12.4. The number of carbonyl (C=O) groups excluding carboxylic acids is 1. The van der Waals surface area contributed by atoms with Crippen molar-refractivity contribution in [3.05, 3.63) is 51.7 Å². The lowest BCUT2D eigenvalue weighted by atomic mass is 9.88. The Hall–Kier alpha value is -1.61. The van der Waals surface area contributed by atoms with E-state index in [0.717, 1.165) is 23.5 Å². The van der Waals surface area contributed by atoms with Gasteiger partial charge < -0.3 is 4.74 Å². The van der Waals surface area contributed by atoms with Crippen molar-refractivity contribution in [2.45, 2.75) is 32.1 Å². The number of Topliss-reactive ketones (excluding diaryl/α,β-unsaturated/α-hetero) is 1. The lowest BCUT2D eigenvalue weighted by Crippen LogP contribution is -2.16. The van der Waals surface area contributed by atoms with Crippen molar-refractivity contribution in [3.63, 3.8) is 0 Å². The molecule has 0 saturated carbocycles. The van der Waals surface area contributed by atoms with Crippen LogP contribution >= 0.6 is 11.3 Å². The van der Waals surface area contributed by atoms with Gasteiger partial charge in [-0.05, 0) is 42.5 Å². The third-order valence-corrected chi connectivity index (χ3v) is 5.07. The molecule has 0 amide bonds. The molecule has 1 aliphatic rings. The molecule has 2 heterocycles. The Labute approximate surface area is 123 Å². The van der Waals surface area contributed by atoms with Gasteiger partial charge in [0.05, 0.1) is 11.5 Å². The first-order chi connectivity index (χ1) is 9.78. The van der Waals surface area contributed by atoms with Gasteiger partial charge in [-0.2, -0.15) is 0 Å². The highest BCUT2D eigenvalue weighted by atomic mass is 32.1. The molecule has 1 aromatic carbocycles. The standard InChI is InChI=1S/C17H18O2S/c1-2-13-7-8-17(20-13)15(18)11-12-9-10-19-16-6-4-3-5-14(12)16/h3-8,12H,2,9-11H2,1H3. The summed E-state index contributed by atoms with van der Waals surface area (Å²) in [5, 5.41) is 0. The van der Waals surface area contributed by atoms with Gasteiger partial charge in [-0.3, -0.25) is 4.79 Å². The van der Waals surface area contributed by atoms with Crippen LogP contribution in [-0.2, 0) is 6.42 Å². The van der Waals surface area contributed by atoms with E-state index in [1.807, 2.05) is 24.3 Å². The predicted octanol–water partition coefficient (Wildman–Crippen LogP) is 4.45. The van der Waals surface area contributed by atoms with E-state index in [1.54, 1.807) is 11.3 Å². The number of hydrogen-bond acceptors (Lipinski definition) is 3. The van der Waals surface area contributed by atoms with Gasteiger partial charge in [0.1, 0.15) is 5.75 Å². The lowest BCUT2D eigenvalue weighted by Gasteiger charge is -2.25. The molecule has 1 aromatic heterocycles. The predicted molar refractivity (Wildman–Crippen MR) is 81.9 cm³/mol. The summed E-state index contributed by atoms with van der Waals surface area (Å²) in [6.45, 7) is 2.83. The van der Waals surface area contributed by atoms with E-state index in [-0.39, 0.29) is 5.78 Å². The highest BCUT2D eigenvalue weighted by molar-refractivity contribution is 7.14. The molecule has 1 unspecified atom stereocenters. The van der Waals surface area contributed by atoms with Crippen LogP contribution in [0.3, 0.4) is 0 Å². The van der Waals surface area contributed by atoms with Gasteiger partial charge in [-0.1, -0.05) is 25.1 Å². The van der Waals surface area contributed by atoms with Crippen LogP contribution in [0.25, 0.3) is 0 Å². The number of aryl methyl sites for hydroxylation is 1. The lowest BCUT2D eigenvalue weighted by molar-refractivity contribution is 0.0970. The van der Waals surface area contributed by atoms with Crippen molar-refractivity contribution in [2.24, 2.45) is 0 Å². The number of thiophene rings is 1. The molecule has 0 N–H and O–H groups in total. The third-order valence-electron chi connectivity index (χ3n) is 3.80. The number of ether oxygens (including phenoxy) is 1. The first-order valence-electron chi connectivity index (χ1n) is 7.11. The normalized spacial score (nSPS) is 17.4. The fourth-order valence-corrected chi connectivity index (χ4v) is 3.57. The molecule has 1 atom stereocenters. The van der Waals surface area contributed by atoms with Crippen molar-refractivity contribution in [3.8, 4) is 5.75 Å². The largest absolute Gasteiger partial charge is 0.493 e. The average molecular weight is 286 g/mol. The summed E-state index contributed by atoms with van der Waals surface area (Å²) in [6, 6.07) is 12.1. The smallest absolute Gasteiger partial charge is 0.173 e. The van der Waals surface area contributed by atoms with Crippen LogP contribution < -0.4 is 4.74 Å². The van der Waals surface area contributed by atoms with E-state index in [0.29, 0.717) is 18.9 Å². The topological polar surface area (TPSA) is 26.3 Å². The number of para-hydroxylation sites is 1. The zero-order chi connectivity index (χ0) is 13.9. The Morgan fingerprint density at radius 3 is 2.95 bits per heavy atom. The summed E-state index contributed by atoms with van der Waals surface area (Å²) >= 11 is 1.63. The number of ketones is 1. The van der Waals surface area contributed by atoms with Crippen LogP contribution in [0, 0.1) is 0 Å². The molecule has 20 heavy (non-hydrogen) atoms. The summed E-state index contributed by atoms with van der Waals surface area (Å²) in [4.78, 5) is 14.6. The summed E-state index contributed by atoms with van der Waals surface area (Å²) in [7, 11) is 0. The van der Waals surface area contributed by atoms with E-state index < -0.39 is 0 Å². The highest BCUT2D eigenvalue weighted by Gasteiger charge is 2.24. The van der Waals surface area contributed by atoms with Crippen LogP contribution in [0.1, 0.15) is 45.8 Å². The number of fused-ring (bicyclic) bond motifs is 1. The molecule has 2 aromatic rings. The van der Waals surface area contributed by atoms with Crippen molar-refractivity contribution in [1.82, 2.24) is 0 Å². The molecular weight excluding hydrogens is 268 g/mol. The van der Waals surface area contributed by atoms with E-state index >= 15 is 0 Å². The van der Waals surface area contributed by atoms with E-state index in [4.69, 9.17) is 4.74 Å². The number of benzene rings is 1. The minimum Gasteiger partial charge on any atom is -0.493 e. The monoisotopic (exact) mass is 286 g/mol. The number of rotatable bonds is 4. The summed E-state index contributed by atoms with van der Waals surface area (Å²) < 4.78 is 5.65. The highest BCUT2D eigenvalue weighted by Crippen LogP contribution is 2.36. The molecule has 3 heteroatoms. The number of hydrogen-bond donors (Lipinski definition) is 0. The molecular formula is C17H18O2S. The Bertz CT molecular complexity index is 615. The molecule has 0 fully saturated rings. The van der Waals surface area contributed by atoms with Gasteiger partial charge in [0, 0.05) is 11.3 Å². The summed E-state index contributed by atoms with van der Waals surface area (Å²) in [5.74, 6) is 1.49. The van der Waals surface area contributed by atoms with Gasteiger partial charge in [-0.15, -0.1) is 11.3 Å². The molecule has 3 rings (SSSR count). The van der Waals surface area contributed by atoms with Gasteiger partial charge >= 0.3 is 0 Å². The Kier molecular flexibility index (Phi) is 3.88. The third kappa shape index (κ3) is 2.63. The summed E-state index contributed by atoms with van der Waals surface area (Å²) in [5.41, 5.74) is 1.18. The van der Waals surface area contributed by atoms with Gasteiger partial charge in [0.2, 0.25) is 0 Å². The molecule has 0 radical (unpaired) electrons. The molecule has 0 aliphatic carbocycles. The molecule has 104 valence electrons. The fraction of sp³-hybridized carbons (Fsp3) is 0.353. The second-order valence-electron chi connectivity index (χ2n) is 5.12. The average Bonchev–Trinajstić information content (AvgIpc) is 2.97. The molecule has 0 bridgehead atoms. The molecule has 0 saturated heterocycles. The molecule has 2 nitrogen and oxygen atoms in total. The van der Waals surface area contributed by atoms with Crippen molar-refractivity contribution in [2.75, 3.05) is 6.61 Å². The second-order valence-corrected chi connectivity index (χ2v) is 6.29. The van der Waals surface area contributed by atoms with Crippen LogP contribution in [0.15, 0.2) is 36.4 Å². The van der Waals surface area contributed by atoms with Crippen molar-refractivity contribution in [1.29, 1.82) is 0 Å². The second kappa shape index (κ2) is 5.80. The SMILES string of the molecule is CCc1ccc(C(=O)CC2CCOc3ccccc32)s1. The van der Waals surface area contributed by atoms with E-state index in [9.17, 15) is 4.79 Å². The maximum Gasteiger partial charge on any atom is 0.173 e. The Morgan fingerprint density at radius 2 is 2.15 bits per heavy atom. The van der Waals surface area contributed by atoms with Gasteiger partial charge in [0.15, 0.2) is 5.78 Å². The minimum absolute atomic E-state index is 0.261. The fourth-order valence-electron chi connectivity index (χ4n) is 2.67. The first kappa shape index (κ1) is 13.4. The summed E-state index contributed by atoms with van der Waals surface area (Å²) in [6.07, 6.45) is 2.51. The van der Waals surface area contributed by atoms with Crippen LogP contribution in [-0.4, -0.2) is 12.4 Å². The first-order valence-corrected chi connectivity index (χ1v) is 7.93. The van der Waals surface area contributed by atoms with E-state index in [1.165, 1.54) is 10.4 Å². The molecule has 0 spiro atoms. The maximum atomic E-state index is 12.4. The Morgan fingerprint density at radius 1 is 1.30 bits per heavy atom. The van der Waals surface area contributed by atoms with Crippen LogP contribution in [0.4, 0.5) is 0 Å².